The van der Waals surface area contributed by atoms with Crippen LogP contribution in [0.15, 0.2) is 138 Å². The van der Waals surface area contributed by atoms with E-state index < -0.39 is 0 Å². The number of aromatic nitrogens is 3. The van der Waals surface area contributed by atoms with Gasteiger partial charge in [-0.3, -0.25) is 4.79 Å². The fourth-order valence-corrected chi connectivity index (χ4v) is 6.15. The minimum atomic E-state index is -0.00533. The number of hydrogen-bond donors (Lipinski definition) is 0. The third-order valence-corrected chi connectivity index (χ3v) is 8.03. The Hall–Kier alpha value is -5.35. The largest absolute Gasteiger partial charge is 0.317 e. The molecule has 0 radical (unpaired) electrons. The molecular formula is C38H31N3O. The summed E-state index contributed by atoms with van der Waals surface area (Å²) in [6.45, 7) is 4.00. The van der Waals surface area contributed by atoms with E-state index >= 15 is 0 Å². The van der Waals surface area contributed by atoms with E-state index in [0.29, 0.717) is 5.52 Å². The molecule has 0 bridgehead atoms. The maximum Gasteiger partial charge on any atom is 0.275 e. The molecule has 5 aromatic carbocycles. The molecule has 0 fully saturated rings. The minimum Gasteiger partial charge on any atom is -0.317 e. The zero-order valence-corrected chi connectivity index (χ0v) is 24.0. The lowest BCUT2D eigenvalue weighted by molar-refractivity contribution is 0.866. The number of fused-ring (bicyclic) bond motifs is 6. The lowest BCUT2D eigenvalue weighted by Gasteiger charge is -2.09. The Bertz CT molecular complexity index is 2290. The van der Waals surface area contributed by atoms with Crippen molar-refractivity contribution in [2.45, 2.75) is 13.8 Å². The first-order valence-electron chi connectivity index (χ1n) is 14.5. The van der Waals surface area contributed by atoms with Crippen molar-refractivity contribution in [2.75, 3.05) is 0 Å². The summed E-state index contributed by atoms with van der Waals surface area (Å²) in [6, 6.07) is 44.6. The molecule has 3 heterocycles. The molecule has 0 spiro atoms. The van der Waals surface area contributed by atoms with E-state index in [1.165, 1.54) is 21.8 Å². The third-order valence-electron chi connectivity index (χ3n) is 8.03. The van der Waals surface area contributed by atoms with Crippen molar-refractivity contribution in [3.05, 3.63) is 144 Å². The van der Waals surface area contributed by atoms with E-state index in [9.17, 15) is 4.79 Å². The van der Waals surface area contributed by atoms with Gasteiger partial charge < -0.3 is 13.7 Å². The van der Waals surface area contributed by atoms with Crippen molar-refractivity contribution in [1.82, 2.24) is 13.7 Å². The standard InChI is InChI=1S/C36H25N3O.C2H6/c1-37-21-20-29-31-23-25(17-19-34(31)39(35(29)36(37)40)27-12-6-3-7-13-27)24-16-18-33-30(22-24)28-14-8-9-15-32(28)38(33)26-10-4-2-5-11-26;1-2/h2-23H,1H3;1-2H3. The van der Waals surface area contributed by atoms with Gasteiger partial charge in [0.1, 0.15) is 5.52 Å². The van der Waals surface area contributed by atoms with Gasteiger partial charge in [-0.25, -0.2) is 0 Å². The lowest BCUT2D eigenvalue weighted by Crippen LogP contribution is -2.17. The second-order valence-electron chi connectivity index (χ2n) is 10.3. The molecule has 0 unspecified atom stereocenters. The van der Waals surface area contributed by atoms with Gasteiger partial charge in [0.25, 0.3) is 5.56 Å². The highest BCUT2D eigenvalue weighted by atomic mass is 16.1. The summed E-state index contributed by atoms with van der Waals surface area (Å²) >= 11 is 0. The average Bonchev–Trinajstić information content (AvgIpc) is 3.57. The Balaban J connectivity index is 0.00000141. The molecule has 0 N–H and O–H groups in total. The predicted molar refractivity (Wildman–Crippen MR) is 177 cm³/mol. The molecule has 0 aliphatic rings. The maximum atomic E-state index is 13.4. The highest BCUT2D eigenvalue weighted by Crippen LogP contribution is 2.37. The van der Waals surface area contributed by atoms with Crippen molar-refractivity contribution < 1.29 is 0 Å². The van der Waals surface area contributed by atoms with Crippen LogP contribution in [0.1, 0.15) is 13.8 Å². The first-order valence-corrected chi connectivity index (χ1v) is 14.5. The van der Waals surface area contributed by atoms with E-state index in [1.54, 1.807) is 11.6 Å². The Labute approximate surface area is 244 Å². The number of aryl methyl sites for hydroxylation is 1. The molecule has 4 nitrogen and oxygen atoms in total. The summed E-state index contributed by atoms with van der Waals surface area (Å²) in [7, 11) is 1.81. The van der Waals surface area contributed by atoms with E-state index in [1.807, 2.05) is 38.2 Å². The van der Waals surface area contributed by atoms with Gasteiger partial charge in [-0.15, -0.1) is 0 Å². The van der Waals surface area contributed by atoms with Crippen LogP contribution >= 0.6 is 0 Å². The molecule has 3 aromatic heterocycles. The summed E-state index contributed by atoms with van der Waals surface area (Å²) < 4.78 is 6.08. The smallest absolute Gasteiger partial charge is 0.275 e. The Morgan fingerprint density at radius 3 is 1.62 bits per heavy atom. The van der Waals surface area contributed by atoms with Crippen LogP contribution in [0.2, 0.25) is 0 Å². The van der Waals surface area contributed by atoms with Crippen LogP contribution in [0.5, 0.6) is 0 Å². The monoisotopic (exact) mass is 545 g/mol. The molecular weight excluding hydrogens is 514 g/mol. The van der Waals surface area contributed by atoms with Gasteiger partial charge in [-0.1, -0.05) is 80.6 Å². The average molecular weight is 546 g/mol. The molecule has 0 aliphatic carbocycles. The van der Waals surface area contributed by atoms with Crippen LogP contribution in [-0.2, 0) is 7.05 Å². The van der Waals surface area contributed by atoms with Gasteiger partial charge in [-0.2, -0.15) is 0 Å². The molecule has 4 heteroatoms. The number of rotatable bonds is 3. The molecule has 42 heavy (non-hydrogen) atoms. The quantitative estimate of drug-likeness (QED) is 0.218. The second kappa shape index (κ2) is 10.2. The highest BCUT2D eigenvalue weighted by Gasteiger charge is 2.18. The normalized spacial score (nSPS) is 11.3. The van der Waals surface area contributed by atoms with E-state index in [4.69, 9.17) is 0 Å². The molecule has 0 aliphatic heterocycles. The summed E-state index contributed by atoms with van der Waals surface area (Å²) in [4.78, 5) is 13.4. The zero-order chi connectivity index (χ0) is 28.8. The summed E-state index contributed by atoms with van der Waals surface area (Å²) in [6.07, 6.45) is 1.86. The van der Waals surface area contributed by atoms with Crippen molar-refractivity contribution in [1.29, 1.82) is 0 Å². The topological polar surface area (TPSA) is 31.9 Å². The fraction of sp³-hybridized carbons (Fsp3) is 0.0789. The number of pyridine rings is 1. The molecule has 8 rings (SSSR count). The van der Waals surface area contributed by atoms with Crippen molar-refractivity contribution >= 4 is 43.6 Å². The summed E-state index contributed by atoms with van der Waals surface area (Å²) in [5.41, 5.74) is 8.49. The van der Waals surface area contributed by atoms with Gasteiger partial charge >= 0.3 is 0 Å². The third kappa shape index (κ3) is 3.87. The molecule has 0 saturated heterocycles. The molecule has 0 amide bonds. The van der Waals surface area contributed by atoms with E-state index in [0.717, 1.165) is 38.8 Å². The maximum absolute atomic E-state index is 13.4. The predicted octanol–water partition coefficient (Wildman–Crippen LogP) is 9.27. The van der Waals surface area contributed by atoms with Crippen LogP contribution in [0, 0.1) is 0 Å². The Morgan fingerprint density at radius 1 is 0.476 bits per heavy atom. The number of hydrogen-bond acceptors (Lipinski definition) is 1. The van der Waals surface area contributed by atoms with Crippen molar-refractivity contribution in [3.63, 3.8) is 0 Å². The zero-order valence-electron chi connectivity index (χ0n) is 24.0. The second-order valence-corrected chi connectivity index (χ2v) is 10.3. The Kier molecular flexibility index (Phi) is 6.24. The van der Waals surface area contributed by atoms with Crippen molar-refractivity contribution in [3.8, 4) is 22.5 Å². The van der Waals surface area contributed by atoms with Crippen LogP contribution < -0.4 is 5.56 Å². The minimum absolute atomic E-state index is 0.00533. The number of nitrogens with zero attached hydrogens (tertiary/aromatic N) is 3. The summed E-state index contributed by atoms with van der Waals surface area (Å²) in [5, 5.41) is 4.48. The number of para-hydroxylation sites is 3. The van der Waals surface area contributed by atoms with Crippen LogP contribution in [-0.4, -0.2) is 13.7 Å². The first-order chi connectivity index (χ1) is 20.7. The molecule has 8 aromatic rings. The van der Waals surface area contributed by atoms with Gasteiger partial charge in [-0.05, 0) is 71.8 Å². The SMILES string of the molecule is CC.Cn1ccc2c3cc(-c4ccc5c(c4)c4ccccc4n5-c4ccccc4)ccc3n(-c3ccccc3)c2c1=O. The van der Waals surface area contributed by atoms with Crippen LogP contribution in [0.4, 0.5) is 0 Å². The number of benzene rings is 5. The van der Waals surface area contributed by atoms with Gasteiger partial charge in [0.15, 0.2) is 0 Å². The van der Waals surface area contributed by atoms with Gasteiger partial charge in [0, 0.05) is 46.2 Å². The van der Waals surface area contributed by atoms with Crippen molar-refractivity contribution in [2.24, 2.45) is 7.05 Å². The van der Waals surface area contributed by atoms with Crippen LogP contribution in [0.25, 0.3) is 66.1 Å². The molecule has 204 valence electrons. The van der Waals surface area contributed by atoms with Crippen LogP contribution in [0.3, 0.4) is 0 Å². The molecule has 0 saturated carbocycles. The van der Waals surface area contributed by atoms with Gasteiger partial charge in [0.2, 0.25) is 0 Å². The first kappa shape index (κ1) is 25.6. The summed E-state index contributed by atoms with van der Waals surface area (Å²) in [5.74, 6) is 0. The van der Waals surface area contributed by atoms with E-state index in [2.05, 4.69) is 118 Å². The molecule has 0 atom stereocenters. The highest BCUT2D eigenvalue weighted by molar-refractivity contribution is 6.12. The lowest BCUT2D eigenvalue weighted by atomic mass is 10.0. The Morgan fingerprint density at radius 2 is 0.976 bits per heavy atom. The van der Waals surface area contributed by atoms with E-state index in [-0.39, 0.29) is 5.56 Å². The van der Waals surface area contributed by atoms with Gasteiger partial charge in [0.05, 0.1) is 16.6 Å². The fourth-order valence-electron chi connectivity index (χ4n) is 6.15.